The van der Waals surface area contributed by atoms with Crippen molar-refractivity contribution < 1.29 is 48.3 Å². The average molecular weight is 674 g/mol. The second-order valence-corrected chi connectivity index (χ2v) is 12.1. The lowest BCUT2D eigenvalue weighted by Crippen LogP contribution is -2.61. The minimum absolute atomic E-state index is 0.169. The molecule has 0 radical (unpaired) electrons. The summed E-state index contributed by atoms with van der Waals surface area (Å²) in [5.74, 6) is -4.91. The van der Waals surface area contributed by atoms with Crippen molar-refractivity contribution in [3.05, 3.63) is 62.9 Å². The Morgan fingerprint density at radius 2 is 1.75 bits per heavy atom. The molecule has 5 N–H and O–H groups in total. The average Bonchev–Trinajstić information content (AvgIpc) is 3.77. The van der Waals surface area contributed by atoms with Gasteiger partial charge in [0.2, 0.25) is 11.8 Å². The molecule has 0 saturated carbocycles. The fraction of sp³-hybridized carbons (Fsp3) is 0.548. The second kappa shape index (κ2) is 13.9. The summed E-state index contributed by atoms with van der Waals surface area (Å²) in [7, 11) is 3.79. The highest BCUT2D eigenvalue weighted by molar-refractivity contribution is 5.98. The minimum Gasteiger partial charge on any atom is -0.496 e. The van der Waals surface area contributed by atoms with Crippen LogP contribution in [-0.2, 0) is 33.4 Å². The van der Waals surface area contributed by atoms with Crippen LogP contribution in [0, 0.1) is 11.8 Å². The number of para-hydroxylation sites is 1. The standard InChI is InChI=1S/C31H39N5O12/c1-31(21(28(42)47-4)20(27(41)46-3)22(34-31)15-8-5-6-10-17(15)45-2)29(43)35-12-7-9-16(35)25(40)32-14-18-23(38)24(39)26(48-18)36-13-11-19(37)33-30(36)44/h5-6,8,10-11,13,16,18,20-24,26,34,38-39H,7,9,12,14H2,1-4H3,(H,32,40)(H,33,37,44)/t16-,18+,20+,21+,22+,23+,24+,26+,31+/m0/s1. The van der Waals surface area contributed by atoms with Crippen molar-refractivity contribution in [1.29, 1.82) is 0 Å². The summed E-state index contributed by atoms with van der Waals surface area (Å²) in [5, 5.41) is 27.0. The molecule has 17 heteroatoms. The van der Waals surface area contributed by atoms with Gasteiger partial charge in [-0.25, -0.2) is 4.79 Å². The highest BCUT2D eigenvalue weighted by Crippen LogP contribution is 2.47. The molecule has 0 unspecified atom stereocenters. The molecule has 48 heavy (non-hydrogen) atoms. The fourth-order valence-corrected chi connectivity index (χ4v) is 7.02. The Morgan fingerprint density at radius 3 is 2.42 bits per heavy atom. The van der Waals surface area contributed by atoms with Crippen molar-refractivity contribution in [2.75, 3.05) is 34.4 Å². The van der Waals surface area contributed by atoms with Gasteiger partial charge in [0.1, 0.15) is 35.6 Å². The zero-order valence-electron chi connectivity index (χ0n) is 26.8. The first-order valence-corrected chi connectivity index (χ1v) is 15.4. The lowest BCUT2D eigenvalue weighted by atomic mass is 9.77. The molecule has 5 rings (SSSR count). The van der Waals surface area contributed by atoms with Crippen molar-refractivity contribution >= 4 is 23.8 Å². The predicted octanol–water partition coefficient (Wildman–Crippen LogP) is -2.05. The predicted molar refractivity (Wildman–Crippen MR) is 163 cm³/mol. The van der Waals surface area contributed by atoms with Gasteiger partial charge >= 0.3 is 17.6 Å². The number of nitrogens with zero attached hydrogens (tertiary/aromatic N) is 2. The quantitative estimate of drug-likeness (QED) is 0.181. The van der Waals surface area contributed by atoms with E-state index in [1.54, 1.807) is 24.3 Å². The Balaban J connectivity index is 1.36. The molecule has 3 aliphatic rings. The molecule has 3 saturated heterocycles. The Bertz CT molecular complexity index is 1680. The molecule has 2 aromatic rings. The summed E-state index contributed by atoms with van der Waals surface area (Å²) in [4.78, 5) is 81.6. The number of rotatable bonds is 9. The Hall–Kier alpha value is -4.58. The summed E-state index contributed by atoms with van der Waals surface area (Å²) < 4.78 is 22.3. The van der Waals surface area contributed by atoms with E-state index in [9.17, 15) is 39.0 Å². The number of amides is 2. The summed E-state index contributed by atoms with van der Waals surface area (Å²) in [6.07, 6.45) is -3.68. The largest absolute Gasteiger partial charge is 0.496 e. The summed E-state index contributed by atoms with van der Waals surface area (Å²) >= 11 is 0. The molecule has 1 aromatic heterocycles. The number of hydrogen-bond donors (Lipinski definition) is 5. The van der Waals surface area contributed by atoms with Crippen molar-refractivity contribution in [3.63, 3.8) is 0 Å². The van der Waals surface area contributed by atoms with Crippen LogP contribution in [0.15, 0.2) is 46.1 Å². The van der Waals surface area contributed by atoms with Crippen LogP contribution in [0.2, 0.25) is 0 Å². The lowest BCUT2D eigenvalue weighted by Gasteiger charge is -2.36. The van der Waals surface area contributed by atoms with Gasteiger partial charge in [0.15, 0.2) is 6.23 Å². The van der Waals surface area contributed by atoms with E-state index < -0.39 is 89.0 Å². The second-order valence-electron chi connectivity index (χ2n) is 12.1. The number of aromatic amines is 1. The maximum absolute atomic E-state index is 14.5. The number of hydrogen-bond acceptors (Lipinski definition) is 13. The van der Waals surface area contributed by atoms with Crippen LogP contribution >= 0.6 is 0 Å². The van der Waals surface area contributed by atoms with Crippen LogP contribution in [0.1, 0.15) is 37.6 Å². The molecule has 0 spiro atoms. The van der Waals surface area contributed by atoms with Crippen LogP contribution in [0.4, 0.5) is 0 Å². The van der Waals surface area contributed by atoms with Crippen molar-refractivity contribution in [2.24, 2.45) is 11.8 Å². The van der Waals surface area contributed by atoms with Crippen molar-refractivity contribution in [1.82, 2.24) is 25.1 Å². The van der Waals surface area contributed by atoms with Gasteiger partial charge in [0.05, 0.1) is 39.2 Å². The summed E-state index contributed by atoms with van der Waals surface area (Å²) in [6.45, 7) is 1.37. The number of aliphatic hydroxyl groups is 2. The van der Waals surface area contributed by atoms with Gasteiger partial charge in [-0.3, -0.25) is 38.8 Å². The van der Waals surface area contributed by atoms with Gasteiger partial charge in [0, 0.05) is 30.9 Å². The number of benzene rings is 1. The molecule has 17 nitrogen and oxygen atoms in total. The molecule has 4 heterocycles. The maximum Gasteiger partial charge on any atom is 0.330 e. The van der Waals surface area contributed by atoms with Crippen molar-refractivity contribution in [2.45, 2.75) is 61.9 Å². The van der Waals surface area contributed by atoms with Gasteiger partial charge in [-0.05, 0) is 25.8 Å². The van der Waals surface area contributed by atoms with Gasteiger partial charge in [-0.15, -0.1) is 0 Å². The molecular formula is C31H39N5O12. The normalized spacial score (nSPS) is 31.3. The summed E-state index contributed by atoms with van der Waals surface area (Å²) in [6, 6.07) is 6.01. The highest BCUT2D eigenvalue weighted by atomic mass is 16.6. The number of methoxy groups -OCH3 is 3. The first kappa shape index (κ1) is 34.7. The first-order chi connectivity index (χ1) is 22.9. The number of esters is 2. The van der Waals surface area contributed by atoms with E-state index in [4.69, 9.17) is 18.9 Å². The van der Waals surface area contributed by atoms with Crippen LogP contribution in [0.3, 0.4) is 0 Å². The molecule has 2 amide bonds. The number of carbonyl (C=O) groups is 4. The Kier molecular flexibility index (Phi) is 10.0. The molecule has 260 valence electrons. The van der Waals surface area contributed by atoms with Crippen LogP contribution < -0.4 is 26.6 Å². The van der Waals surface area contributed by atoms with Gasteiger partial charge in [-0.2, -0.15) is 0 Å². The Morgan fingerprint density at radius 1 is 1.04 bits per heavy atom. The van der Waals surface area contributed by atoms with E-state index >= 15 is 0 Å². The van der Waals surface area contributed by atoms with E-state index in [1.807, 2.05) is 4.98 Å². The molecule has 9 atom stereocenters. The number of H-pyrrole nitrogens is 1. The third kappa shape index (κ3) is 6.09. The lowest BCUT2D eigenvalue weighted by molar-refractivity contribution is -0.161. The molecule has 3 aliphatic heterocycles. The van der Waals surface area contributed by atoms with E-state index in [2.05, 4.69) is 10.6 Å². The van der Waals surface area contributed by atoms with E-state index in [-0.39, 0.29) is 19.5 Å². The Labute approximate surface area is 274 Å². The van der Waals surface area contributed by atoms with E-state index in [0.717, 1.165) is 23.9 Å². The van der Waals surface area contributed by atoms with Crippen LogP contribution in [-0.4, -0.2) is 113 Å². The zero-order valence-corrected chi connectivity index (χ0v) is 26.8. The van der Waals surface area contributed by atoms with E-state index in [0.29, 0.717) is 17.7 Å². The molecule has 3 fully saturated rings. The highest BCUT2D eigenvalue weighted by Gasteiger charge is 2.63. The van der Waals surface area contributed by atoms with Gasteiger partial charge in [0.25, 0.3) is 5.56 Å². The molecular weight excluding hydrogens is 634 g/mol. The number of aliphatic hydroxyl groups excluding tert-OH is 2. The number of ether oxygens (including phenoxy) is 4. The first-order valence-electron chi connectivity index (χ1n) is 15.4. The molecule has 1 aromatic carbocycles. The topological polar surface area (TPSA) is 228 Å². The monoisotopic (exact) mass is 673 g/mol. The van der Waals surface area contributed by atoms with Crippen LogP contribution in [0.25, 0.3) is 0 Å². The summed E-state index contributed by atoms with van der Waals surface area (Å²) in [5.41, 5.74) is -2.73. The number of carbonyl (C=O) groups excluding carboxylic acids is 4. The SMILES string of the molecule is COC(=O)[C@H]1[C@@H](c2ccccc2OC)N[C@@](C)(C(=O)N2CCC[C@H]2C(=O)NC[C@H]2O[C@@H](n3ccc(=O)[nH]c3=O)[C@H](O)[C@@H]2O)[C@H]1C(=O)OC. The molecule has 0 bridgehead atoms. The van der Waals surface area contributed by atoms with E-state index in [1.165, 1.54) is 26.0 Å². The smallest absolute Gasteiger partial charge is 0.330 e. The zero-order chi connectivity index (χ0) is 34.9. The van der Waals surface area contributed by atoms with Gasteiger partial charge in [-0.1, -0.05) is 18.2 Å². The minimum atomic E-state index is -1.73. The van der Waals surface area contributed by atoms with Crippen LogP contribution in [0.5, 0.6) is 5.75 Å². The maximum atomic E-state index is 14.5. The number of nitrogens with one attached hydrogen (secondary N) is 3. The third-order valence-corrected chi connectivity index (χ3v) is 9.40. The number of likely N-dealkylation sites (tertiary alicyclic amines) is 1. The molecule has 0 aliphatic carbocycles. The third-order valence-electron chi connectivity index (χ3n) is 9.40. The van der Waals surface area contributed by atoms with Gasteiger partial charge < -0.3 is 39.4 Å². The van der Waals surface area contributed by atoms with Crippen molar-refractivity contribution in [3.8, 4) is 5.75 Å². The number of aromatic nitrogens is 2. The fourth-order valence-electron chi connectivity index (χ4n) is 7.02.